The SMILES string of the molecule is COCc1nc(I)cn1CCN. The molecule has 0 amide bonds. The molecule has 5 heteroatoms. The zero-order chi connectivity index (χ0) is 8.97. The second-order valence-corrected chi connectivity index (χ2v) is 3.50. The number of halogens is 1. The summed E-state index contributed by atoms with van der Waals surface area (Å²) >= 11 is 2.18. The zero-order valence-electron chi connectivity index (χ0n) is 6.96. The minimum atomic E-state index is 0.545. The van der Waals surface area contributed by atoms with E-state index in [4.69, 9.17) is 10.5 Å². The van der Waals surface area contributed by atoms with Crippen LogP contribution in [0.2, 0.25) is 0 Å². The van der Waals surface area contributed by atoms with Crippen LogP contribution >= 0.6 is 22.6 Å². The summed E-state index contributed by atoms with van der Waals surface area (Å²) < 4.78 is 8.00. The van der Waals surface area contributed by atoms with Gasteiger partial charge in [-0.05, 0) is 22.6 Å². The number of imidazole rings is 1. The molecule has 0 spiro atoms. The third-order valence-electron chi connectivity index (χ3n) is 1.47. The first-order valence-corrected chi connectivity index (χ1v) is 4.76. The monoisotopic (exact) mass is 281 g/mol. The predicted molar refractivity (Wildman–Crippen MR) is 54.7 cm³/mol. The normalized spacial score (nSPS) is 10.6. The van der Waals surface area contributed by atoms with Crippen LogP contribution in [0.25, 0.3) is 0 Å². The quantitative estimate of drug-likeness (QED) is 0.822. The number of nitrogens with two attached hydrogens (primary N) is 1. The van der Waals surface area contributed by atoms with Crippen molar-refractivity contribution < 1.29 is 4.74 Å². The minimum Gasteiger partial charge on any atom is -0.377 e. The van der Waals surface area contributed by atoms with Gasteiger partial charge < -0.3 is 15.0 Å². The minimum absolute atomic E-state index is 0.545. The first-order valence-electron chi connectivity index (χ1n) is 3.68. The fourth-order valence-corrected chi connectivity index (χ4v) is 1.61. The van der Waals surface area contributed by atoms with Gasteiger partial charge in [0, 0.05) is 26.4 Å². The van der Waals surface area contributed by atoms with Gasteiger partial charge in [0.15, 0.2) is 0 Å². The summed E-state index contributed by atoms with van der Waals surface area (Å²) in [6, 6.07) is 0. The molecule has 0 bridgehead atoms. The van der Waals surface area contributed by atoms with Crippen molar-refractivity contribution in [3.05, 3.63) is 15.7 Å². The summed E-state index contributed by atoms with van der Waals surface area (Å²) in [7, 11) is 1.66. The van der Waals surface area contributed by atoms with Gasteiger partial charge in [0.1, 0.15) is 16.1 Å². The fraction of sp³-hybridized carbons (Fsp3) is 0.571. The Labute approximate surface area is 85.2 Å². The van der Waals surface area contributed by atoms with Crippen LogP contribution in [0, 0.1) is 3.70 Å². The highest BCUT2D eigenvalue weighted by Gasteiger charge is 2.04. The van der Waals surface area contributed by atoms with Crippen LogP contribution in [0.1, 0.15) is 5.82 Å². The third kappa shape index (κ3) is 2.43. The molecular weight excluding hydrogens is 269 g/mol. The lowest BCUT2D eigenvalue weighted by molar-refractivity contribution is 0.174. The molecule has 0 aliphatic heterocycles. The van der Waals surface area contributed by atoms with Crippen LogP contribution in [-0.2, 0) is 17.9 Å². The van der Waals surface area contributed by atoms with Crippen molar-refractivity contribution in [3.63, 3.8) is 0 Å². The molecule has 4 nitrogen and oxygen atoms in total. The second-order valence-electron chi connectivity index (χ2n) is 2.39. The van der Waals surface area contributed by atoms with Crippen molar-refractivity contribution in [3.8, 4) is 0 Å². The van der Waals surface area contributed by atoms with E-state index >= 15 is 0 Å². The molecule has 1 rings (SSSR count). The molecule has 2 N–H and O–H groups in total. The molecule has 1 aromatic heterocycles. The number of hydrogen-bond donors (Lipinski definition) is 1. The van der Waals surface area contributed by atoms with Crippen molar-refractivity contribution >= 4 is 22.6 Å². The maximum absolute atomic E-state index is 5.44. The number of methoxy groups -OCH3 is 1. The van der Waals surface area contributed by atoms with E-state index in [1.807, 2.05) is 10.8 Å². The summed E-state index contributed by atoms with van der Waals surface area (Å²) in [5, 5.41) is 0. The lowest BCUT2D eigenvalue weighted by Crippen LogP contribution is -2.12. The summed E-state index contributed by atoms with van der Waals surface area (Å²) in [4.78, 5) is 4.29. The van der Waals surface area contributed by atoms with Crippen LogP contribution in [0.3, 0.4) is 0 Å². The largest absolute Gasteiger partial charge is 0.377 e. The van der Waals surface area contributed by atoms with Crippen molar-refractivity contribution in [1.29, 1.82) is 0 Å². The van der Waals surface area contributed by atoms with E-state index in [9.17, 15) is 0 Å². The van der Waals surface area contributed by atoms with Gasteiger partial charge in [0.25, 0.3) is 0 Å². The smallest absolute Gasteiger partial charge is 0.136 e. The number of ether oxygens (including phenoxy) is 1. The number of rotatable bonds is 4. The van der Waals surface area contributed by atoms with E-state index in [1.165, 1.54) is 0 Å². The molecule has 0 fully saturated rings. The molecule has 0 unspecified atom stereocenters. The Morgan fingerprint density at radius 3 is 3.08 bits per heavy atom. The van der Waals surface area contributed by atoms with Gasteiger partial charge in [-0.1, -0.05) is 0 Å². The molecule has 12 heavy (non-hydrogen) atoms. The Kier molecular flexibility index (Phi) is 3.96. The molecule has 0 atom stereocenters. The Morgan fingerprint density at radius 1 is 1.75 bits per heavy atom. The molecule has 0 aliphatic carbocycles. The van der Waals surface area contributed by atoms with Crippen LogP contribution < -0.4 is 5.73 Å². The Bertz CT molecular complexity index is 225. The van der Waals surface area contributed by atoms with Crippen LogP contribution in [-0.4, -0.2) is 23.2 Å². The highest BCUT2D eigenvalue weighted by Crippen LogP contribution is 2.06. The van der Waals surface area contributed by atoms with E-state index in [1.54, 1.807) is 7.11 Å². The summed E-state index contributed by atoms with van der Waals surface area (Å²) in [6.45, 7) is 1.97. The Morgan fingerprint density at radius 2 is 2.50 bits per heavy atom. The molecule has 68 valence electrons. The second kappa shape index (κ2) is 4.78. The Balaban J connectivity index is 2.76. The average Bonchev–Trinajstić information content (AvgIpc) is 2.33. The molecule has 0 aromatic carbocycles. The molecule has 1 heterocycles. The van der Waals surface area contributed by atoms with Gasteiger partial charge in [0.05, 0.1) is 0 Å². The molecule has 0 radical (unpaired) electrons. The molecule has 0 saturated carbocycles. The third-order valence-corrected chi connectivity index (χ3v) is 1.99. The van der Waals surface area contributed by atoms with E-state index in [-0.39, 0.29) is 0 Å². The van der Waals surface area contributed by atoms with E-state index < -0.39 is 0 Å². The van der Waals surface area contributed by atoms with Gasteiger partial charge in [-0.25, -0.2) is 4.98 Å². The topological polar surface area (TPSA) is 53.1 Å². The predicted octanol–water partition coefficient (Wildman–Crippen LogP) is 0.593. The first kappa shape index (κ1) is 9.94. The Hall–Kier alpha value is -0.140. The van der Waals surface area contributed by atoms with Crippen LogP contribution in [0.15, 0.2) is 6.20 Å². The van der Waals surface area contributed by atoms with E-state index in [0.29, 0.717) is 13.2 Å². The van der Waals surface area contributed by atoms with E-state index in [0.717, 1.165) is 16.1 Å². The van der Waals surface area contributed by atoms with E-state index in [2.05, 4.69) is 27.6 Å². The van der Waals surface area contributed by atoms with Gasteiger partial charge in [-0.15, -0.1) is 0 Å². The van der Waals surface area contributed by atoms with Crippen LogP contribution in [0.5, 0.6) is 0 Å². The average molecular weight is 281 g/mol. The standard InChI is InChI=1S/C7H12IN3O/c1-12-5-7-10-6(8)4-11(7)3-2-9/h4H,2-3,5,9H2,1H3. The zero-order valence-corrected chi connectivity index (χ0v) is 9.11. The van der Waals surface area contributed by atoms with Crippen LogP contribution in [0.4, 0.5) is 0 Å². The van der Waals surface area contributed by atoms with Gasteiger partial charge in [-0.3, -0.25) is 0 Å². The summed E-state index contributed by atoms with van der Waals surface area (Å²) in [6.07, 6.45) is 1.97. The van der Waals surface area contributed by atoms with Crippen molar-refractivity contribution in [2.24, 2.45) is 5.73 Å². The van der Waals surface area contributed by atoms with Gasteiger partial charge in [-0.2, -0.15) is 0 Å². The molecule has 1 aromatic rings. The lowest BCUT2D eigenvalue weighted by Gasteiger charge is -2.03. The fourth-order valence-electron chi connectivity index (χ4n) is 0.996. The lowest BCUT2D eigenvalue weighted by atomic mass is 10.5. The summed E-state index contributed by atoms with van der Waals surface area (Å²) in [5.74, 6) is 0.937. The maximum Gasteiger partial charge on any atom is 0.136 e. The molecular formula is C7H12IN3O. The number of aromatic nitrogens is 2. The van der Waals surface area contributed by atoms with Crippen molar-refractivity contribution in [2.45, 2.75) is 13.2 Å². The molecule has 0 saturated heterocycles. The van der Waals surface area contributed by atoms with Gasteiger partial charge >= 0.3 is 0 Å². The first-order chi connectivity index (χ1) is 5.77. The number of hydrogen-bond acceptors (Lipinski definition) is 3. The van der Waals surface area contributed by atoms with Gasteiger partial charge in [0.2, 0.25) is 0 Å². The maximum atomic E-state index is 5.44. The number of nitrogens with zero attached hydrogens (tertiary/aromatic N) is 2. The van der Waals surface area contributed by atoms with Crippen molar-refractivity contribution in [2.75, 3.05) is 13.7 Å². The highest BCUT2D eigenvalue weighted by atomic mass is 127. The highest BCUT2D eigenvalue weighted by molar-refractivity contribution is 14.1. The molecule has 0 aliphatic rings. The van der Waals surface area contributed by atoms with Crippen molar-refractivity contribution in [1.82, 2.24) is 9.55 Å². The summed E-state index contributed by atoms with van der Waals surface area (Å²) in [5.41, 5.74) is 5.44.